The molecule has 0 saturated carbocycles. The van der Waals surface area contributed by atoms with Gasteiger partial charge in [-0.15, -0.1) is 0 Å². The average molecular weight is 261 g/mol. The molecule has 0 radical (unpaired) electrons. The fraction of sp³-hybridized carbons (Fsp3) is 0.0714. The van der Waals surface area contributed by atoms with Gasteiger partial charge in [0.05, 0.1) is 5.56 Å². The first-order valence-electron chi connectivity index (χ1n) is 5.47. The van der Waals surface area contributed by atoms with E-state index in [9.17, 15) is 4.79 Å². The zero-order chi connectivity index (χ0) is 13.1. The summed E-state index contributed by atoms with van der Waals surface area (Å²) in [4.78, 5) is 13.8. The lowest BCUT2D eigenvalue weighted by Gasteiger charge is -2.18. The lowest BCUT2D eigenvalue weighted by molar-refractivity contribution is 0.0994. The summed E-state index contributed by atoms with van der Waals surface area (Å²) in [5, 5.41) is 0.638. The van der Waals surface area contributed by atoms with Crippen molar-refractivity contribution in [2.75, 3.05) is 17.7 Å². The zero-order valence-electron chi connectivity index (χ0n) is 9.93. The van der Waals surface area contributed by atoms with Gasteiger partial charge in [0.2, 0.25) is 0 Å². The van der Waals surface area contributed by atoms with E-state index in [2.05, 4.69) is 0 Å². The molecule has 0 fully saturated rings. The van der Waals surface area contributed by atoms with Crippen LogP contribution in [-0.4, -0.2) is 13.0 Å². The van der Waals surface area contributed by atoms with Crippen LogP contribution in [0.3, 0.4) is 0 Å². The highest BCUT2D eigenvalue weighted by atomic mass is 35.5. The standard InChI is InChI=1S/C14H13ClN2O/c1-17(11-8-6-10(15)7-9-11)14(18)12-4-2-3-5-13(12)16/h2-9H,16H2,1H3. The highest BCUT2D eigenvalue weighted by Gasteiger charge is 2.15. The maximum atomic E-state index is 12.3. The molecule has 0 saturated heterocycles. The molecule has 0 bridgehead atoms. The molecule has 0 spiro atoms. The van der Waals surface area contributed by atoms with E-state index < -0.39 is 0 Å². The highest BCUT2D eigenvalue weighted by molar-refractivity contribution is 6.30. The third-order valence-corrected chi connectivity index (χ3v) is 2.96. The molecule has 2 aromatic rings. The second-order valence-electron chi connectivity index (χ2n) is 3.93. The maximum absolute atomic E-state index is 12.3. The van der Waals surface area contributed by atoms with Gasteiger partial charge in [-0.1, -0.05) is 23.7 Å². The molecule has 4 heteroatoms. The lowest BCUT2D eigenvalue weighted by atomic mass is 10.1. The minimum absolute atomic E-state index is 0.143. The summed E-state index contributed by atoms with van der Waals surface area (Å²) in [5.41, 5.74) is 7.53. The van der Waals surface area contributed by atoms with Gasteiger partial charge in [-0.25, -0.2) is 0 Å². The van der Waals surface area contributed by atoms with Crippen molar-refractivity contribution in [3.8, 4) is 0 Å². The van der Waals surface area contributed by atoms with Crippen LogP contribution in [0.1, 0.15) is 10.4 Å². The van der Waals surface area contributed by atoms with Crippen LogP contribution >= 0.6 is 11.6 Å². The number of carbonyl (C=O) groups is 1. The number of nitrogen functional groups attached to an aromatic ring is 1. The van der Waals surface area contributed by atoms with Gasteiger partial charge < -0.3 is 10.6 Å². The number of benzene rings is 2. The van der Waals surface area contributed by atoms with Crippen LogP contribution in [0, 0.1) is 0 Å². The van der Waals surface area contributed by atoms with E-state index in [4.69, 9.17) is 17.3 Å². The summed E-state index contributed by atoms with van der Waals surface area (Å²) in [6, 6.07) is 14.1. The van der Waals surface area contributed by atoms with Crippen LogP contribution in [0.25, 0.3) is 0 Å². The molecule has 0 aliphatic carbocycles. The van der Waals surface area contributed by atoms with Crippen molar-refractivity contribution in [2.45, 2.75) is 0 Å². The molecule has 2 aromatic carbocycles. The van der Waals surface area contributed by atoms with Crippen LogP contribution in [0.2, 0.25) is 5.02 Å². The lowest BCUT2D eigenvalue weighted by Crippen LogP contribution is -2.26. The van der Waals surface area contributed by atoms with Gasteiger partial charge in [-0.3, -0.25) is 4.79 Å². The van der Waals surface area contributed by atoms with E-state index in [0.29, 0.717) is 16.3 Å². The van der Waals surface area contributed by atoms with Crippen LogP contribution in [-0.2, 0) is 0 Å². The summed E-state index contributed by atoms with van der Waals surface area (Å²) in [5.74, 6) is -0.143. The van der Waals surface area contributed by atoms with Crippen LogP contribution in [0.5, 0.6) is 0 Å². The number of nitrogens with two attached hydrogens (primary N) is 1. The SMILES string of the molecule is CN(C(=O)c1ccccc1N)c1ccc(Cl)cc1. The monoisotopic (exact) mass is 260 g/mol. The molecule has 0 aliphatic heterocycles. The third-order valence-electron chi connectivity index (χ3n) is 2.71. The molecule has 2 N–H and O–H groups in total. The Hall–Kier alpha value is -2.00. The van der Waals surface area contributed by atoms with Crippen molar-refractivity contribution in [1.29, 1.82) is 0 Å². The number of hydrogen-bond acceptors (Lipinski definition) is 2. The summed E-state index contributed by atoms with van der Waals surface area (Å²) in [7, 11) is 1.71. The van der Waals surface area contributed by atoms with Crippen molar-refractivity contribution < 1.29 is 4.79 Å². The fourth-order valence-electron chi connectivity index (χ4n) is 1.65. The van der Waals surface area contributed by atoms with Crippen molar-refractivity contribution in [3.63, 3.8) is 0 Å². The van der Waals surface area contributed by atoms with Gasteiger partial charge in [0.1, 0.15) is 0 Å². The quantitative estimate of drug-likeness (QED) is 0.843. The van der Waals surface area contributed by atoms with Gasteiger partial charge in [0, 0.05) is 23.4 Å². The van der Waals surface area contributed by atoms with Crippen molar-refractivity contribution >= 4 is 28.9 Å². The summed E-state index contributed by atoms with van der Waals surface area (Å²) < 4.78 is 0. The highest BCUT2D eigenvalue weighted by Crippen LogP contribution is 2.20. The molecule has 3 nitrogen and oxygen atoms in total. The molecule has 0 aliphatic rings. The first-order valence-corrected chi connectivity index (χ1v) is 5.85. The Labute approximate surface area is 111 Å². The first-order chi connectivity index (χ1) is 8.59. The normalized spacial score (nSPS) is 10.1. The zero-order valence-corrected chi connectivity index (χ0v) is 10.7. The Morgan fingerprint density at radius 1 is 1.11 bits per heavy atom. The number of nitrogens with zero attached hydrogens (tertiary/aromatic N) is 1. The predicted molar refractivity (Wildman–Crippen MR) is 75.0 cm³/mol. The molecule has 0 heterocycles. The summed E-state index contributed by atoms with van der Waals surface area (Å²) in [6.07, 6.45) is 0. The van der Waals surface area contributed by atoms with E-state index in [-0.39, 0.29) is 5.91 Å². The Balaban J connectivity index is 2.29. The smallest absolute Gasteiger partial charge is 0.260 e. The second kappa shape index (κ2) is 5.10. The van der Waals surface area contributed by atoms with Crippen molar-refractivity contribution in [3.05, 3.63) is 59.1 Å². The van der Waals surface area contributed by atoms with Crippen molar-refractivity contribution in [1.82, 2.24) is 0 Å². The van der Waals surface area contributed by atoms with Crippen LogP contribution in [0.4, 0.5) is 11.4 Å². The van der Waals surface area contributed by atoms with Gasteiger partial charge in [-0.2, -0.15) is 0 Å². The number of hydrogen-bond donors (Lipinski definition) is 1. The molecular weight excluding hydrogens is 248 g/mol. The van der Waals surface area contributed by atoms with Crippen molar-refractivity contribution in [2.24, 2.45) is 0 Å². The summed E-state index contributed by atoms with van der Waals surface area (Å²) >= 11 is 5.81. The van der Waals surface area contributed by atoms with Crippen LogP contribution in [0.15, 0.2) is 48.5 Å². The molecule has 0 atom stereocenters. The largest absolute Gasteiger partial charge is 0.398 e. The average Bonchev–Trinajstić information content (AvgIpc) is 2.38. The van der Waals surface area contributed by atoms with E-state index in [0.717, 1.165) is 5.69 Å². The molecule has 0 unspecified atom stereocenters. The Bertz CT molecular complexity index is 566. The third kappa shape index (κ3) is 2.46. The predicted octanol–water partition coefficient (Wildman–Crippen LogP) is 3.20. The maximum Gasteiger partial charge on any atom is 0.260 e. The van der Waals surface area contributed by atoms with Crippen LogP contribution < -0.4 is 10.6 Å². The first kappa shape index (κ1) is 12.5. The number of para-hydroxylation sites is 1. The number of anilines is 2. The molecular formula is C14H13ClN2O. The Morgan fingerprint density at radius 3 is 2.33 bits per heavy atom. The van der Waals surface area contributed by atoms with Gasteiger partial charge in [0.15, 0.2) is 0 Å². The topological polar surface area (TPSA) is 46.3 Å². The van der Waals surface area contributed by atoms with E-state index >= 15 is 0 Å². The van der Waals surface area contributed by atoms with E-state index in [1.807, 2.05) is 0 Å². The number of amides is 1. The molecule has 92 valence electrons. The number of halogens is 1. The van der Waals surface area contributed by atoms with E-state index in [1.54, 1.807) is 60.5 Å². The minimum Gasteiger partial charge on any atom is -0.398 e. The van der Waals surface area contributed by atoms with Gasteiger partial charge >= 0.3 is 0 Å². The molecule has 0 aromatic heterocycles. The Morgan fingerprint density at radius 2 is 1.72 bits per heavy atom. The Kier molecular flexibility index (Phi) is 3.53. The number of carbonyl (C=O) groups excluding carboxylic acids is 1. The molecule has 18 heavy (non-hydrogen) atoms. The van der Waals surface area contributed by atoms with Gasteiger partial charge in [-0.05, 0) is 36.4 Å². The molecule has 2 rings (SSSR count). The summed E-state index contributed by atoms with van der Waals surface area (Å²) in [6.45, 7) is 0. The fourth-order valence-corrected chi connectivity index (χ4v) is 1.78. The van der Waals surface area contributed by atoms with Gasteiger partial charge in [0.25, 0.3) is 5.91 Å². The number of rotatable bonds is 2. The van der Waals surface area contributed by atoms with E-state index in [1.165, 1.54) is 0 Å². The minimum atomic E-state index is -0.143. The molecule has 1 amide bonds. The second-order valence-corrected chi connectivity index (χ2v) is 4.36.